The molecule has 5 heteroatoms. The normalized spacial score (nSPS) is 17.9. The van der Waals surface area contributed by atoms with E-state index in [1.165, 1.54) is 17.7 Å². The molecule has 0 saturated carbocycles. The van der Waals surface area contributed by atoms with Crippen molar-refractivity contribution in [3.63, 3.8) is 0 Å². The molecule has 0 amide bonds. The molecule has 134 valence electrons. The van der Waals surface area contributed by atoms with Gasteiger partial charge in [0.1, 0.15) is 5.82 Å². The molecule has 1 aliphatic heterocycles. The lowest BCUT2D eigenvalue weighted by atomic mass is 9.98. The summed E-state index contributed by atoms with van der Waals surface area (Å²) in [5, 5.41) is 11.2. The molecule has 0 spiro atoms. The largest absolute Gasteiger partial charge is 0.395 e. The summed E-state index contributed by atoms with van der Waals surface area (Å²) in [5.41, 5.74) is 3.11. The van der Waals surface area contributed by atoms with Crippen molar-refractivity contribution >= 4 is 22.5 Å². The SMILES string of the molecule is OCCN1CC=CCC1c1cn(-c2ccc(F)cc2)c2ccc(Cl)cc12. The predicted octanol–water partition coefficient (Wildman–Crippen LogP) is 4.72. The molecule has 1 aliphatic rings. The molecule has 2 heterocycles. The average molecular weight is 371 g/mol. The van der Waals surface area contributed by atoms with E-state index >= 15 is 0 Å². The molecule has 0 bridgehead atoms. The second-order valence-electron chi connectivity index (χ2n) is 6.53. The fourth-order valence-electron chi connectivity index (χ4n) is 3.72. The van der Waals surface area contributed by atoms with Crippen molar-refractivity contribution < 1.29 is 9.50 Å². The van der Waals surface area contributed by atoms with E-state index in [1.807, 2.05) is 18.2 Å². The first-order chi connectivity index (χ1) is 12.7. The average Bonchev–Trinajstić information content (AvgIpc) is 3.01. The van der Waals surface area contributed by atoms with Crippen molar-refractivity contribution in [3.05, 3.63) is 77.2 Å². The summed E-state index contributed by atoms with van der Waals surface area (Å²) < 4.78 is 15.4. The van der Waals surface area contributed by atoms with Gasteiger partial charge >= 0.3 is 0 Å². The molecule has 0 radical (unpaired) electrons. The maximum Gasteiger partial charge on any atom is 0.123 e. The summed E-state index contributed by atoms with van der Waals surface area (Å²) in [6, 6.07) is 12.5. The van der Waals surface area contributed by atoms with Gasteiger partial charge in [-0.2, -0.15) is 0 Å². The molecular weight excluding hydrogens is 351 g/mol. The molecule has 1 N–H and O–H groups in total. The zero-order chi connectivity index (χ0) is 18.1. The third-order valence-corrected chi connectivity index (χ3v) is 5.19. The first-order valence-electron chi connectivity index (χ1n) is 8.74. The van der Waals surface area contributed by atoms with Crippen LogP contribution in [0.1, 0.15) is 18.0 Å². The molecule has 3 nitrogen and oxygen atoms in total. The molecule has 1 aromatic heterocycles. The van der Waals surface area contributed by atoms with Crippen LogP contribution in [0.2, 0.25) is 5.02 Å². The van der Waals surface area contributed by atoms with E-state index in [2.05, 4.69) is 27.8 Å². The highest BCUT2D eigenvalue weighted by atomic mass is 35.5. The molecular formula is C21H20ClFN2O. The standard InChI is InChI=1S/C21H20ClFN2O/c22-15-4-9-21-18(13-15)19(20-3-1-2-10-24(20)11-12-26)14-25(21)17-7-5-16(23)6-8-17/h1-2,4-9,13-14,20,26H,3,10-12H2. The van der Waals surface area contributed by atoms with Gasteiger partial charge in [0.15, 0.2) is 0 Å². The lowest BCUT2D eigenvalue weighted by Gasteiger charge is -2.32. The zero-order valence-electron chi connectivity index (χ0n) is 14.3. The maximum atomic E-state index is 13.3. The Morgan fingerprint density at radius 1 is 1.12 bits per heavy atom. The first kappa shape index (κ1) is 17.3. The van der Waals surface area contributed by atoms with Gasteiger partial charge in [-0.3, -0.25) is 4.90 Å². The highest BCUT2D eigenvalue weighted by Crippen LogP contribution is 2.36. The fourth-order valence-corrected chi connectivity index (χ4v) is 3.89. The van der Waals surface area contributed by atoms with Crippen molar-refractivity contribution in [3.8, 4) is 5.69 Å². The molecule has 4 rings (SSSR count). The summed E-state index contributed by atoms with van der Waals surface area (Å²) >= 11 is 6.28. The molecule has 0 saturated heterocycles. The number of hydrogen-bond donors (Lipinski definition) is 1. The fraction of sp³-hybridized carbons (Fsp3) is 0.238. The lowest BCUT2D eigenvalue weighted by molar-refractivity contribution is 0.159. The molecule has 2 aromatic carbocycles. The van der Waals surface area contributed by atoms with Gasteiger partial charge in [-0.05, 0) is 54.4 Å². The number of halogens is 2. The van der Waals surface area contributed by atoms with Crippen LogP contribution in [0.15, 0.2) is 60.8 Å². The van der Waals surface area contributed by atoms with Gasteiger partial charge in [-0.1, -0.05) is 23.8 Å². The second-order valence-corrected chi connectivity index (χ2v) is 6.97. The number of aromatic nitrogens is 1. The summed E-state index contributed by atoms with van der Waals surface area (Å²) in [6.45, 7) is 1.56. The van der Waals surface area contributed by atoms with Crippen LogP contribution in [0.4, 0.5) is 4.39 Å². The van der Waals surface area contributed by atoms with Gasteiger partial charge in [0, 0.05) is 41.4 Å². The van der Waals surface area contributed by atoms with E-state index in [0.717, 1.165) is 29.6 Å². The third kappa shape index (κ3) is 3.16. The van der Waals surface area contributed by atoms with Crippen LogP contribution in [-0.4, -0.2) is 34.3 Å². The zero-order valence-corrected chi connectivity index (χ0v) is 15.0. The number of nitrogens with zero attached hydrogens (tertiary/aromatic N) is 2. The van der Waals surface area contributed by atoms with E-state index in [0.29, 0.717) is 11.6 Å². The molecule has 3 aromatic rings. The van der Waals surface area contributed by atoms with Crippen LogP contribution in [0.5, 0.6) is 0 Å². The third-order valence-electron chi connectivity index (χ3n) is 4.96. The minimum absolute atomic E-state index is 0.127. The van der Waals surface area contributed by atoms with Crippen LogP contribution in [0, 0.1) is 5.82 Å². The Balaban J connectivity index is 1.88. The number of aliphatic hydroxyl groups excluding tert-OH is 1. The van der Waals surface area contributed by atoms with E-state index in [9.17, 15) is 9.50 Å². The molecule has 0 fully saturated rings. The van der Waals surface area contributed by atoms with Gasteiger partial charge in [0.25, 0.3) is 0 Å². The molecule has 1 unspecified atom stereocenters. The molecule has 0 aliphatic carbocycles. The van der Waals surface area contributed by atoms with E-state index in [-0.39, 0.29) is 18.5 Å². The predicted molar refractivity (Wildman–Crippen MR) is 103 cm³/mol. The van der Waals surface area contributed by atoms with E-state index in [1.54, 1.807) is 12.1 Å². The van der Waals surface area contributed by atoms with Crippen LogP contribution in [0.3, 0.4) is 0 Å². The van der Waals surface area contributed by atoms with Gasteiger partial charge in [0.05, 0.1) is 12.1 Å². The van der Waals surface area contributed by atoms with Gasteiger partial charge in [0.2, 0.25) is 0 Å². The van der Waals surface area contributed by atoms with Crippen molar-refractivity contribution in [2.75, 3.05) is 19.7 Å². The van der Waals surface area contributed by atoms with Crippen molar-refractivity contribution in [1.29, 1.82) is 0 Å². The summed E-state index contributed by atoms with van der Waals surface area (Å²) in [6.07, 6.45) is 7.32. The number of benzene rings is 2. The van der Waals surface area contributed by atoms with Crippen LogP contribution in [-0.2, 0) is 0 Å². The smallest absolute Gasteiger partial charge is 0.123 e. The van der Waals surface area contributed by atoms with Crippen molar-refractivity contribution in [2.45, 2.75) is 12.5 Å². The van der Waals surface area contributed by atoms with E-state index in [4.69, 9.17) is 11.6 Å². The molecule has 26 heavy (non-hydrogen) atoms. The summed E-state index contributed by atoms with van der Waals surface area (Å²) in [7, 11) is 0. The lowest BCUT2D eigenvalue weighted by Crippen LogP contribution is -2.33. The van der Waals surface area contributed by atoms with Crippen LogP contribution < -0.4 is 0 Å². The van der Waals surface area contributed by atoms with Gasteiger partial charge in [-0.15, -0.1) is 0 Å². The number of β-amino-alcohol motifs (C(OH)–C–C–N with tert-alkyl or cyclic N) is 1. The highest BCUT2D eigenvalue weighted by molar-refractivity contribution is 6.31. The first-order valence-corrected chi connectivity index (χ1v) is 9.11. The Morgan fingerprint density at radius 2 is 1.92 bits per heavy atom. The quantitative estimate of drug-likeness (QED) is 0.673. The Morgan fingerprint density at radius 3 is 2.69 bits per heavy atom. The maximum absolute atomic E-state index is 13.3. The Labute approximate surface area is 156 Å². The minimum Gasteiger partial charge on any atom is -0.395 e. The van der Waals surface area contributed by atoms with Gasteiger partial charge < -0.3 is 9.67 Å². The van der Waals surface area contributed by atoms with Crippen molar-refractivity contribution in [1.82, 2.24) is 9.47 Å². The van der Waals surface area contributed by atoms with Crippen LogP contribution in [0.25, 0.3) is 16.6 Å². The highest BCUT2D eigenvalue weighted by Gasteiger charge is 2.25. The molecule has 1 atom stereocenters. The second kappa shape index (κ2) is 7.23. The number of hydrogen-bond acceptors (Lipinski definition) is 2. The Hall–Kier alpha value is -2.14. The Kier molecular flexibility index (Phi) is 4.81. The number of fused-ring (bicyclic) bond motifs is 1. The van der Waals surface area contributed by atoms with Gasteiger partial charge in [-0.25, -0.2) is 4.39 Å². The number of aliphatic hydroxyl groups is 1. The minimum atomic E-state index is -0.250. The summed E-state index contributed by atoms with van der Waals surface area (Å²) in [5.74, 6) is -0.250. The Bertz CT molecular complexity index is 949. The van der Waals surface area contributed by atoms with E-state index < -0.39 is 0 Å². The summed E-state index contributed by atoms with van der Waals surface area (Å²) in [4.78, 5) is 2.27. The van der Waals surface area contributed by atoms with Crippen LogP contribution >= 0.6 is 11.6 Å². The van der Waals surface area contributed by atoms with Crippen molar-refractivity contribution in [2.24, 2.45) is 0 Å². The monoisotopic (exact) mass is 370 g/mol. The number of rotatable bonds is 4. The topological polar surface area (TPSA) is 28.4 Å².